The van der Waals surface area contributed by atoms with Crippen LogP contribution in [-0.2, 0) is 0 Å². The maximum absolute atomic E-state index is 6.05. The summed E-state index contributed by atoms with van der Waals surface area (Å²) >= 11 is 9.65. The molecule has 0 radical (unpaired) electrons. The predicted molar refractivity (Wildman–Crippen MR) is 89.2 cm³/mol. The van der Waals surface area contributed by atoms with E-state index >= 15 is 0 Å². The molecule has 0 amide bonds. The van der Waals surface area contributed by atoms with E-state index in [9.17, 15) is 0 Å². The van der Waals surface area contributed by atoms with E-state index < -0.39 is 0 Å². The molecule has 2 rings (SSSR count). The standard InChI is InChI=1S/C15H23BrClN3/c1-3-19-6-7-20(10-11(19)2)15(9-18)13-5-4-12(17)8-14(13)16/h4-5,8,11,15H,3,6-7,9-10,18H2,1-2H3. The maximum atomic E-state index is 6.05. The molecule has 0 bridgehead atoms. The van der Waals surface area contributed by atoms with E-state index in [2.05, 4.69) is 45.6 Å². The Balaban J connectivity index is 2.16. The topological polar surface area (TPSA) is 32.5 Å². The van der Waals surface area contributed by atoms with Crippen molar-refractivity contribution in [3.05, 3.63) is 33.3 Å². The lowest BCUT2D eigenvalue weighted by molar-refractivity contribution is 0.0605. The Kier molecular flexibility index (Phi) is 5.87. The molecule has 112 valence electrons. The van der Waals surface area contributed by atoms with Crippen LogP contribution in [0, 0.1) is 0 Å². The Morgan fingerprint density at radius 2 is 2.20 bits per heavy atom. The summed E-state index contributed by atoms with van der Waals surface area (Å²) in [6, 6.07) is 6.80. The third-order valence-corrected chi connectivity index (χ3v) is 5.11. The van der Waals surface area contributed by atoms with Crippen LogP contribution in [-0.4, -0.2) is 48.6 Å². The first-order chi connectivity index (χ1) is 9.56. The molecule has 1 aliphatic rings. The smallest absolute Gasteiger partial charge is 0.0482 e. The van der Waals surface area contributed by atoms with Crippen LogP contribution in [0.5, 0.6) is 0 Å². The van der Waals surface area contributed by atoms with Crippen molar-refractivity contribution in [1.82, 2.24) is 9.80 Å². The first-order valence-electron chi connectivity index (χ1n) is 7.20. The molecule has 1 fully saturated rings. The van der Waals surface area contributed by atoms with E-state index in [0.717, 1.165) is 35.7 Å². The van der Waals surface area contributed by atoms with Gasteiger partial charge in [0.15, 0.2) is 0 Å². The molecule has 3 nitrogen and oxygen atoms in total. The lowest BCUT2D eigenvalue weighted by Gasteiger charge is -2.43. The van der Waals surface area contributed by atoms with Gasteiger partial charge in [0.2, 0.25) is 0 Å². The van der Waals surface area contributed by atoms with Gasteiger partial charge >= 0.3 is 0 Å². The molecule has 1 aromatic rings. The van der Waals surface area contributed by atoms with Crippen LogP contribution in [0.25, 0.3) is 0 Å². The van der Waals surface area contributed by atoms with Gasteiger partial charge in [-0.2, -0.15) is 0 Å². The number of nitrogens with zero attached hydrogens (tertiary/aromatic N) is 2. The lowest BCUT2D eigenvalue weighted by atomic mass is 10.0. The fraction of sp³-hybridized carbons (Fsp3) is 0.600. The largest absolute Gasteiger partial charge is 0.329 e. The van der Waals surface area contributed by atoms with E-state index in [4.69, 9.17) is 17.3 Å². The van der Waals surface area contributed by atoms with E-state index in [0.29, 0.717) is 12.6 Å². The highest BCUT2D eigenvalue weighted by atomic mass is 79.9. The minimum absolute atomic E-state index is 0.253. The summed E-state index contributed by atoms with van der Waals surface area (Å²) in [5.74, 6) is 0. The van der Waals surface area contributed by atoms with Gasteiger partial charge in [0.25, 0.3) is 0 Å². The Hall–Kier alpha value is -0.130. The minimum atomic E-state index is 0.253. The second kappa shape index (κ2) is 7.23. The SMILES string of the molecule is CCN1CCN(C(CN)c2ccc(Cl)cc2Br)CC1C. The first-order valence-corrected chi connectivity index (χ1v) is 8.37. The molecule has 1 saturated heterocycles. The van der Waals surface area contributed by atoms with Crippen molar-refractivity contribution < 1.29 is 0 Å². The van der Waals surface area contributed by atoms with Gasteiger partial charge in [-0.1, -0.05) is 40.5 Å². The molecule has 0 saturated carbocycles. The third-order valence-electron chi connectivity index (χ3n) is 4.19. The lowest BCUT2D eigenvalue weighted by Crippen LogP contribution is -2.53. The summed E-state index contributed by atoms with van der Waals surface area (Å²) in [7, 11) is 0. The summed E-state index contributed by atoms with van der Waals surface area (Å²) in [6.45, 7) is 9.49. The molecule has 5 heteroatoms. The van der Waals surface area contributed by atoms with Crippen LogP contribution in [0.2, 0.25) is 5.02 Å². The minimum Gasteiger partial charge on any atom is -0.329 e. The fourth-order valence-electron chi connectivity index (χ4n) is 3.02. The highest BCUT2D eigenvalue weighted by Crippen LogP contribution is 2.31. The van der Waals surface area contributed by atoms with Crippen molar-refractivity contribution >= 4 is 27.5 Å². The number of hydrogen-bond donors (Lipinski definition) is 1. The summed E-state index contributed by atoms with van der Waals surface area (Å²) in [6.07, 6.45) is 0. The average molecular weight is 361 g/mol. The van der Waals surface area contributed by atoms with Crippen LogP contribution in [0.15, 0.2) is 22.7 Å². The Morgan fingerprint density at radius 3 is 2.75 bits per heavy atom. The predicted octanol–water partition coefficient (Wildman–Crippen LogP) is 3.13. The summed E-state index contributed by atoms with van der Waals surface area (Å²) in [4.78, 5) is 5.01. The third kappa shape index (κ3) is 3.55. The molecule has 1 aliphatic heterocycles. The Bertz CT molecular complexity index is 455. The molecule has 2 atom stereocenters. The highest BCUT2D eigenvalue weighted by molar-refractivity contribution is 9.10. The zero-order chi connectivity index (χ0) is 14.7. The van der Waals surface area contributed by atoms with Gasteiger partial charge in [0.05, 0.1) is 0 Å². The molecule has 0 spiro atoms. The van der Waals surface area contributed by atoms with Crippen molar-refractivity contribution in [2.75, 3.05) is 32.7 Å². The van der Waals surface area contributed by atoms with Gasteiger partial charge in [-0.25, -0.2) is 0 Å². The van der Waals surface area contributed by atoms with E-state index in [1.165, 1.54) is 5.56 Å². The molecule has 20 heavy (non-hydrogen) atoms. The van der Waals surface area contributed by atoms with Gasteiger partial charge in [-0.3, -0.25) is 9.80 Å². The van der Waals surface area contributed by atoms with Crippen molar-refractivity contribution in [2.45, 2.75) is 25.9 Å². The van der Waals surface area contributed by atoms with Crippen LogP contribution in [0.3, 0.4) is 0 Å². The zero-order valence-electron chi connectivity index (χ0n) is 12.1. The number of benzene rings is 1. The van der Waals surface area contributed by atoms with Crippen molar-refractivity contribution in [1.29, 1.82) is 0 Å². The molecule has 0 aliphatic carbocycles. The highest BCUT2D eigenvalue weighted by Gasteiger charge is 2.28. The first kappa shape index (κ1) is 16.2. The summed E-state index contributed by atoms with van der Waals surface area (Å²) < 4.78 is 1.05. The molecular weight excluding hydrogens is 338 g/mol. The van der Waals surface area contributed by atoms with E-state index in [1.807, 2.05) is 12.1 Å². The van der Waals surface area contributed by atoms with Gasteiger partial charge in [0.1, 0.15) is 0 Å². The molecule has 1 heterocycles. The Labute approximate surface area is 135 Å². The number of piperazine rings is 1. The van der Waals surface area contributed by atoms with Crippen LogP contribution in [0.1, 0.15) is 25.5 Å². The zero-order valence-corrected chi connectivity index (χ0v) is 14.5. The van der Waals surface area contributed by atoms with E-state index in [1.54, 1.807) is 0 Å². The molecule has 0 aromatic heterocycles. The van der Waals surface area contributed by atoms with Gasteiger partial charge in [-0.05, 0) is 31.2 Å². The maximum Gasteiger partial charge on any atom is 0.0482 e. The molecular formula is C15H23BrClN3. The summed E-state index contributed by atoms with van der Waals surface area (Å²) in [5, 5.41) is 0.751. The van der Waals surface area contributed by atoms with Crippen LogP contribution >= 0.6 is 27.5 Å². The Morgan fingerprint density at radius 1 is 1.45 bits per heavy atom. The van der Waals surface area contributed by atoms with Crippen molar-refractivity contribution in [2.24, 2.45) is 5.73 Å². The quantitative estimate of drug-likeness (QED) is 0.895. The molecule has 1 aromatic carbocycles. The number of nitrogens with two attached hydrogens (primary N) is 1. The molecule has 2 unspecified atom stereocenters. The van der Waals surface area contributed by atoms with Crippen molar-refractivity contribution in [3.8, 4) is 0 Å². The number of likely N-dealkylation sites (N-methyl/N-ethyl adjacent to an activating group) is 1. The normalized spacial score (nSPS) is 22.9. The number of hydrogen-bond acceptors (Lipinski definition) is 3. The van der Waals surface area contributed by atoms with Gasteiger partial charge in [0, 0.05) is 47.8 Å². The second-order valence-electron chi connectivity index (χ2n) is 5.39. The number of halogens is 2. The van der Waals surface area contributed by atoms with Crippen molar-refractivity contribution in [3.63, 3.8) is 0 Å². The number of rotatable bonds is 4. The summed E-state index contributed by atoms with van der Waals surface area (Å²) in [5.41, 5.74) is 7.28. The van der Waals surface area contributed by atoms with Gasteiger partial charge < -0.3 is 5.73 Å². The monoisotopic (exact) mass is 359 g/mol. The average Bonchev–Trinajstić information content (AvgIpc) is 2.42. The molecule has 2 N–H and O–H groups in total. The van der Waals surface area contributed by atoms with Crippen LogP contribution < -0.4 is 5.73 Å². The fourth-order valence-corrected chi connectivity index (χ4v) is 3.97. The van der Waals surface area contributed by atoms with Gasteiger partial charge in [-0.15, -0.1) is 0 Å². The van der Waals surface area contributed by atoms with Crippen LogP contribution in [0.4, 0.5) is 0 Å². The second-order valence-corrected chi connectivity index (χ2v) is 6.68. The van der Waals surface area contributed by atoms with E-state index in [-0.39, 0.29) is 6.04 Å².